The van der Waals surface area contributed by atoms with Crippen molar-refractivity contribution in [3.8, 4) is 5.75 Å². The van der Waals surface area contributed by atoms with Crippen molar-refractivity contribution in [2.24, 2.45) is 10.9 Å². The van der Waals surface area contributed by atoms with Crippen LogP contribution in [-0.2, 0) is 0 Å². The molecule has 1 atom stereocenters. The van der Waals surface area contributed by atoms with Gasteiger partial charge >= 0.3 is 0 Å². The molecular formula is C24H44IN5O2. The number of aliphatic hydroxyl groups is 1. The van der Waals surface area contributed by atoms with E-state index in [0.717, 1.165) is 89.8 Å². The number of nitrogens with zero attached hydrogens (tertiary/aromatic N) is 3. The predicted molar refractivity (Wildman–Crippen MR) is 146 cm³/mol. The van der Waals surface area contributed by atoms with Gasteiger partial charge in [0.1, 0.15) is 5.75 Å². The van der Waals surface area contributed by atoms with Crippen LogP contribution in [0.1, 0.15) is 39.5 Å². The van der Waals surface area contributed by atoms with Gasteiger partial charge in [0, 0.05) is 58.1 Å². The van der Waals surface area contributed by atoms with E-state index in [9.17, 15) is 5.11 Å². The maximum Gasteiger partial charge on any atom is 0.191 e. The minimum absolute atomic E-state index is 0. The van der Waals surface area contributed by atoms with E-state index in [-0.39, 0.29) is 30.6 Å². The largest absolute Gasteiger partial charge is 0.497 e. The molecule has 1 aromatic carbocycles. The van der Waals surface area contributed by atoms with Gasteiger partial charge in [0.05, 0.1) is 7.11 Å². The average molecular weight is 562 g/mol. The SMILES string of the molecule is CCCC(CCO)CN=C(NCC)NCCCN1CCN(c2ccc(OC)cc2)CC1.I. The van der Waals surface area contributed by atoms with E-state index >= 15 is 0 Å². The van der Waals surface area contributed by atoms with Gasteiger partial charge in [-0.25, -0.2) is 0 Å². The molecule has 32 heavy (non-hydrogen) atoms. The monoisotopic (exact) mass is 561 g/mol. The lowest BCUT2D eigenvalue weighted by Crippen LogP contribution is -2.47. The summed E-state index contributed by atoms with van der Waals surface area (Å²) in [6.07, 6.45) is 4.18. The normalized spacial score (nSPS) is 15.8. The van der Waals surface area contributed by atoms with Gasteiger partial charge in [-0.15, -0.1) is 24.0 Å². The lowest BCUT2D eigenvalue weighted by molar-refractivity contribution is 0.253. The molecule has 1 aromatic rings. The summed E-state index contributed by atoms with van der Waals surface area (Å²) in [4.78, 5) is 9.74. The molecule has 1 saturated heterocycles. The molecule has 1 fully saturated rings. The molecule has 1 aliphatic heterocycles. The number of hydrogen-bond acceptors (Lipinski definition) is 5. The Hall–Kier alpha value is -1.26. The van der Waals surface area contributed by atoms with Crippen LogP contribution >= 0.6 is 24.0 Å². The summed E-state index contributed by atoms with van der Waals surface area (Å²) in [5.74, 6) is 2.27. The summed E-state index contributed by atoms with van der Waals surface area (Å²) in [6.45, 7) is 12.5. The van der Waals surface area contributed by atoms with Crippen LogP contribution in [-0.4, -0.2) is 82.0 Å². The highest BCUT2D eigenvalue weighted by molar-refractivity contribution is 14.0. The van der Waals surface area contributed by atoms with Gasteiger partial charge in [-0.3, -0.25) is 9.89 Å². The molecule has 0 aromatic heterocycles. The smallest absolute Gasteiger partial charge is 0.191 e. The Labute approximate surface area is 212 Å². The maximum absolute atomic E-state index is 9.24. The number of rotatable bonds is 13. The van der Waals surface area contributed by atoms with Crippen LogP contribution in [0.2, 0.25) is 0 Å². The Morgan fingerprint density at radius 1 is 1.09 bits per heavy atom. The van der Waals surface area contributed by atoms with Crippen LogP contribution in [0.5, 0.6) is 5.75 Å². The first-order chi connectivity index (χ1) is 15.2. The van der Waals surface area contributed by atoms with Crippen molar-refractivity contribution >= 4 is 35.6 Å². The van der Waals surface area contributed by atoms with Crippen LogP contribution in [0, 0.1) is 5.92 Å². The number of guanidine groups is 1. The van der Waals surface area contributed by atoms with Gasteiger partial charge in [0.2, 0.25) is 0 Å². The maximum atomic E-state index is 9.24. The van der Waals surface area contributed by atoms with Crippen molar-refractivity contribution in [3.63, 3.8) is 0 Å². The third kappa shape index (κ3) is 10.6. The Kier molecular flexibility index (Phi) is 15.5. The fourth-order valence-electron chi connectivity index (χ4n) is 4.01. The fraction of sp³-hybridized carbons (Fsp3) is 0.708. The van der Waals surface area contributed by atoms with Gasteiger partial charge in [0.25, 0.3) is 0 Å². The zero-order valence-electron chi connectivity index (χ0n) is 20.2. The number of anilines is 1. The van der Waals surface area contributed by atoms with Gasteiger partial charge in [0.15, 0.2) is 5.96 Å². The topological polar surface area (TPSA) is 72.4 Å². The molecule has 1 unspecified atom stereocenters. The molecular weight excluding hydrogens is 517 g/mol. The highest BCUT2D eigenvalue weighted by Crippen LogP contribution is 2.20. The highest BCUT2D eigenvalue weighted by Gasteiger charge is 2.17. The molecule has 0 bridgehead atoms. The van der Waals surface area contributed by atoms with Crippen molar-refractivity contribution in [2.75, 3.05) is 71.0 Å². The number of aliphatic imine (C=N–C) groups is 1. The van der Waals surface area contributed by atoms with Crippen LogP contribution in [0.15, 0.2) is 29.3 Å². The van der Waals surface area contributed by atoms with Crippen LogP contribution in [0.25, 0.3) is 0 Å². The molecule has 8 heteroatoms. The quantitative estimate of drug-likeness (QED) is 0.149. The molecule has 3 N–H and O–H groups in total. The second kappa shape index (κ2) is 17.2. The molecule has 0 spiro atoms. The lowest BCUT2D eigenvalue weighted by Gasteiger charge is -2.36. The van der Waals surface area contributed by atoms with Crippen LogP contribution < -0.4 is 20.3 Å². The zero-order valence-corrected chi connectivity index (χ0v) is 22.5. The van der Waals surface area contributed by atoms with Crippen molar-refractivity contribution in [2.45, 2.75) is 39.5 Å². The number of methoxy groups -OCH3 is 1. The number of nitrogens with one attached hydrogen (secondary N) is 2. The second-order valence-electron chi connectivity index (χ2n) is 8.19. The molecule has 7 nitrogen and oxygen atoms in total. The van der Waals surface area contributed by atoms with Crippen molar-refractivity contribution in [3.05, 3.63) is 24.3 Å². The summed E-state index contributed by atoms with van der Waals surface area (Å²) in [5.41, 5.74) is 1.27. The Bertz CT molecular complexity index is 615. The van der Waals surface area contributed by atoms with Crippen molar-refractivity contribution in [1.29, 1.82) is 0 Å². The Balaban J connectivity index is 0.00000512. The summed E-state index contributed by atoms with van der Waals surface area (Å²) in [6, 6.07) is 8.35. The van der Waals surface area contributed by atoms with E-state index in [1.54, 1.807) is 7.11 Å². The molecule has 184 valence electrons. The lowest BCUT2D eigenvalue weighted by atomic mass is 10.0. The van der Waals surface area contributed by atoms with Crippen LogP contribution in [0.4, 0.5) is 5.69 Å². The van der Waals surface area contributed by atoms with Gasteiger partial charge in [-0.2, -0.15) is 0 Å². The third-order valence-corrected chi connectivity index (χ3v) is 5.84. The summed E-state index contributed by atoms with van der Waals surface area (Å²) >= 11 is 0. The minimum atomic E-state index is 0. The van der Waals surface area contributed by atoms with Gasteiger partial charge in [-0.05, 0) is 62.9 Å². The second-order valence-corrected chi connectivity index (χ2v) is 8.19. The molecule has 0 saturated carbocycles. The van der Waals surface area contributed by atoms with E-state index in [2.05, 4.69) is 46.4 Å². The van der Waals surface area contributed by atoms with Crippen molar-refractivity contribution < 1.29 is 9.84 Å². The van der Waals surface area contributed by atoms with E-state index in [1.165, 1.54) is 5.69 Å². The predicted octanol–water partition coefficient (Wildman–Crippen LogP) is 3.18. The number of ether oxygens (including phenoxy) is 1. The molecule has 1 heterocycles. The van der Waals surface area contributed by atoms with E-state index in [0.29, 0.717) is 5.92 Å². The molecule has 0 radical (unpaired) electrons. The summed E-state index contributed by atoms with van der Waals surface area (Å²) in [7, 11) is 1.70. The molecule has 0 aliphatic carbocycles. The molecule has 2 rings (SSSR count). The number of benzene rings is 1. The van der Waals surface area contributed by atoms with E-state index in [1.807, 2.05) is 12.1 Å². The fourth-order valence-corrected chi connectivity index (χ4v) is 4.01. The number of aliphatic hydroxyl groups excluding tert-OH is 1. The summed E-state index contributed by atoms with van der Waals surface area (Å²) in [5, 5.41) is 16.1. The minimum Gasteiger partial charge on any atom is -0.497 e. The summed E-state index contributed by atoms with van der Waals surface area (Å²) < 4.78 is 5.25. The van der Waals surface area contributed by atoms with Gasteiger partial charge < -0.3 is 25.4 Å². The first-order valence-corrected chi connectivity index (χ1v) is 11.9. The molecule has 1 aliphatic rings. The van der Waals surface area contributed by atoms with Gasteiger partial charge in [-0.1, -0.05) is 13.3 Å². The zero-order chi connectivity index (χ0) is 22.3. The van der Waals surface area contributed by atoms with E-state index in [4.69, 9.17) is 9.73 Å². The molecule has 0 amide bonds. The number of halogens is 1. The Morgan fingerprint density at radius 3 is 2.41 bits per heavy atom. The van der Waals surface area contributed by atoms with E-state index < -0.39 is 0 Å². The standard InChI is InChI=1S/C24H43N5O2.HI/c1-4-7-21(12-19-30)20-27-24(25-5-2)26-13-6-14-28-15-17-29(18-16-28)22-8-10-23(31-3)11-9-22;/h8-11,21,30H,4-7,12-20H2,1-3H3,(H2,25,26,27);1H. The first kappa shape index (κ1) is 28.8. The Morgan fingerprint density at radius 2 is 1.81 bits per heavy atom. The first-order valence-electron chi connectivity index (χ1n) is 11.9. The van der Waals surface area contributed by atoms with Crippen LogP contribution in [0.3, 0.4) is 0 Å². The number of hydrogen-bond donors (Lipinski definition) is 3. The van der Waals surface area contributed by atoms with Crippen molar-refractivity contribution in [1.82, 2.24) is 15.5 Å². The number of piperazine rings is 1. The third-order valence-electron chi connectivity index (χ3n) is 5.84. The highest BCUT2D eigenvalue weighted by atomic mass is 127. The average Bonchev–Trinajstić information content (AvgIpc) is 2.81.